The molecule has 2 aliphatic carbocycles. The van der Waals surface area contributed by atoms with Crippen LogP contribution >= 0.6 is 0 Å². The van der Waals surface area contributed by atoms with Gasteiger partial charge in [0.15, 0.2) is 0 Å². The van der Waals surface area contributed by atoms with Gasteiger partial charge in [-0.3, -0.25) is 10.1 Å². The Bertz CT molecular complexity index is 437. The maximum Gasteiger partial charge on any atom is 0.411 e. The third-order valence-electron chi connectivity index (χ3n) is 5.25. The first kappa shape index (κ1) is 15.1. The van der Waals surface area contributed by atoms with Crippen molar-refractivity contribution < 1.29 is 18.0 Å². The topological polar surface area (TPSA) is 32.3 Å². The third kappa shape index (κ3) is 2.17. The first-order valence-corrected chi connectivity index (χ1v) is 7.90. The maximum atomic E-state index is 13.5. The van der Waals surface area contributed by atoms with Gasteiger partial charge in [0.2, 0.25) is 5.91 Å². The summed E-state index contributed by atoms with van der Waals surface area (Å²) in [6, 6.07) is 0. The summed E-state index contributed by atoms with van der Waals surface area (Å²) >= 11 is 0. The molecule has 1 heterocycles. The minimum Gasteiger partial charge on any atom is -0.311 e. The molecular weight excluding hydrogens is 281 g/mol. The zero-order valence-electron chi connectivity index (χ0n) is 12.6. The Morgan fingerprint density at radius 1 is 1.24 bits per heavy atom. The van der Waals surface area contributed by atoms with Crippen molar-refractivity contribution in [1.82, 2.24) is 10.2 Å². The van der Waals surface area contributed by atoms with Crippen LogP contribution in [0.2, 0.25) is 0 Å². The van der Waals surface area contributed by atoms with Crippen molar-refractivity contribution in [1.29, 1.82) is 0 Å². The highest BCUT2D eigenvalue weighted by Gasteiger charge is 2.72. The molecule has 1 amide bonds. The number of hydrogen-bond donors (Lipinski definition) is 1. The van der Waals surface area contributed by atoms with Gasteiger partial charge in [0.25, 0.3) is 0 Å². The number of rotatable bonds is 3. The standard InChI is InChI=1S/C15H23F3N2O/c1-10(2)9-11-19-13(5-3-4-6-13)12(21)20(11)14(7-8-14)15(16,17)18/h10-11,19H,3-9H2,1-2H3. The third-order valence-corrected chi connectivity index (χ3v) is 5.25. The van der Waals surface area contributed by atoms with E-state index in [1.54, 1.807) is 0 Å². The van der Waals surface area contributed by atoms with Gasteiger partial charge in [-0.1, -0.05) is 26.7 Å². The lowest BCUT2D eigenvalue weighted by Crippen LogP contribution is -2.54. The first-order valence-electron chi connectivity index (χ1n) is 7.90. The quantitative estimate of drug-likeness (QED) is 0.868. The van der Waals surface area contributed by atoms with E-state index >= 15 is 0 Å². The number of halogens is 3. The zero-order valence-corrected chi connectivity index (χ0v) is 12.6. The van der Waals surface area contributed by atoms with E-state index in [1.165, 1.54) is 4.90 Å². The Morgan fingerprint density at radius 3 is 2.24 bits per heavy atom. The average Bonchev–Trinajstić information content (AvgIpc) is 2.95. The van der Waals surface area contributed by atoms with Crippen LogP contribution in [-0.4, -0.2) is 34.2 Å². The van der Waals surface area contributed by atoms with Gasteiger partial charge in [-0.05, 0) is 38.0 Å². The summed E-state index contributed by atoms with van der Waals surface area (Å²) in [5, 5.41) is 3.29. The van der Waals surface area contributed by atoms with Gasteiger partial charge in [0.1, 0.15) is 5.54 Å². The van der Waals surface area contributed by atoms with Crippen LogP contribution in [0.5, 0.6) is 0 Å². The molecule has 6 heteroatoms. The highest BCUT2D eigenvalue weighted by molar-refractivity contribution is 5.90. The molecule has 0 radical (unpaired) electrons. The number of amides is 1. The van der Waals surface area contributed by atoms with Gasteiger partial charge in [-0.2, -0.15) is 13.2 Å². The van der Waals surface area contributed by atoms with E-state index < -0.39 is 23.4 Å². The summed E-state index contributed by atoms with van der Waals surface area (Å²) in [5.74, 6) is -0.0566. The molecule has 1 spiro atoms. The molecule has 0 bridgehead atoms. The number of carbonyl (C=O) groups excluding carboxylic acids is 1. The van der Waals surface area contributed by atoms with Crippen molar-refractivity contribution in [2.75, 3.05) is 0 Å². The van der Waals surface area contributed by atoms with Crippen LogP contribution in [0.4, 0.5) is 13.2 Å². The normalized spacial score (nSPS) is 30.7. The second-order valence-corrected chi connectivity index (χ2v) is 7.28. The van der Waals surface area contributed by atoms with Crippen molar-refractivity contribution >= 4 is 5.91 Å². The average molecular weight is 304 g/mol. The lowest BCUT2D eigenvalue weighted by Gasteiger charge is -2.35. The SMILES string of the molecule is CC(C)CC1NC2(CCCC2)C(=O)N1C1(C(F)(F)F)CC1. The summed E-state index contributed by atoms with van der Waals surface area (Å²) in [4.78, 5) is 14.0. The molecular formula is C15H23F3N2O. The molecule has 21 heavy (non-hydrogen) atoms. The number of nitrogens with zero attached hydrogens (tertiary/aromatic N) is 1. The smallest absolute Gasteiger partial charge is 0.311 e. The van der Waals surface area contributed by atoms with Crippen LogP contribution < -0.4 is 5.32 Å². The highest BCUT2D eigenvalue weighted by atomic mass is 19.4. The molecule has 1 unspecified atom stereocenters. The minimum atomic E-state index is -4.33. The van der Waals surface area contributed by atoms with Crippen LogP contribution in [0.25, 0.3) is 0 Å². The molecule has 1 atom stereocenters. The van der Waals surface area contributed by atoms with Gasteiger partial charge < -0.3 is 4.90 Å². The summed E-state index contributed by atoms with van der Waals surface area (Å²) in [7, 11) is 0. The van der Waals surface area contributed by atoms with E-state index in [-0.39, 0.29) is 24.7 Å². The zero-order chi connectivity index (χ0) is 15.5. The molecule has 1 aliphatic heterocycles. The van der Waals surface area contributed by atoms with Gasteiger partial charge in [-0.25, -0.2) is 0 Å². The lowest BCUT2D eigenvalue weighted by molar-refractivity contribution is -0.203. The van der Waals surface area contributed by atoms with Crippen molar-refractivity contribution in [3.8, 4) is 0 Å². The predicted octanol–water partition coefficient (Wildman–Crippen LogP) is 3.20. The van der Waals surface area contributed by atoms with Crippen LogP contribution in [0, 0.1) is 5.92 Å². The molecule has 0 aromatic heterocycles. The molecule has 0 aromatic carbocycles. The summed E-state index contributed by atoms with van der Waals surface area (Å²) in [6.45, 7) is 3.97. The fourth-order valence-electron chi connectivity index (χ4n) is 4.04. The molecule has 3 fully saturated rings. The number of carbonyl (C=O) groups is 1. The Morgan fingerprint density at radius 2 is 1.81 bits per heavy atom. The lowest BCUT2D eigenvalue weighted by atomic mass is 9.97. The second kappa shape index (κ2) is 4.61. The largest absolute Gasteiger partial charge is 0.411 e. The number of nitrogens with one attached hydrogen (secondary N) is 1. The summed E-state index contributed by atoms with van der Waals surface area (Å²) in [6.07, 6.45) is -0.951. The summed E-state index contributed by atoms with van der Waals surface area (Å²) in [5.41, 5.74) is -2.62. The van der Waals surface area contributed by atoms with Gasteiger partial charge in [0, 0.05) is 0 Å². The van der Waals surface area contributed by atoms with Crippen LogP contribution in [0.1, 0.15) is 58.8 Å². The Hall–Kier alpha value is -0.780. The van der Waals surface area contributed by atoms with Crippen molar-refractivity contribution in [2.45, 2.75) is 82.2 Å². The Kier molecular flexibility index (Phi) is 3.32. The van der Waals surface area contributed by atoms with E-state index in [0.29, 0.717) is 19.3 Å². The molecule has 3 rings (SSSR count). The van der Waals surface area contributed by atoms with Gasteiger partial charge in [0.05, 0.1) is 11.7 Å². The van der Waals surface area contributed by atoms with Gasteiger partial charge in [-0.15, -0.1) is 0 Å². The molecule has 2 saturated carbocycles. The molecule has 3 aliphatic rings. The first-order chi connectivity index (χ1) is 9.72. The fraction of sp³-hybridized carbons (Fsp3) is 0.933. The van der Waals surface area contributed by atoms with Gasteiger partial charge >= 0.3 is 6.18 Å². The van der Waals surface area contributed by atoms with E-state index in [2.05, 4.69) is 5.32 Å². The van der Waals surface area contributed by atoms with E-state index in [4.69, 9.17) is 0 Å². The van der Waals surface area contributed by atoms with Crippen LogP contribution in [-0.2, 0) is 4.79 Å². The molecule has 1 saturated heterocycles. The highest BCUT2D eigenvalue weighted by Crippen LogP contribution is 2.57. The van der Waals surface area contributed by atoms with E-state index in [9.17, 15) is 18.0 Å². The molecule has 0 aromatic rings. The number of alkyl halides is 3. The van der Waals surface area contributed by atoms with Crippen molar-refractivity contribution in [2.24, 2.45) is 5.92 Å². The van der Waals surface area contributed by atoms with Crippen molar-refractivity contribution in [3.63, 3.8) is 0 Å². The second-order valence-electron chi connectivity index (χ2n) is 7.28. The predicted molar refractivity (Wildman–Crippen MR) is 72.4 cm³/mol. The minimum absolute atomic E-state index is 0.0502. The Labute approximate surface area is 123 Å². The number of hydrogen-bond acceptors (Lipinski definition) is 2. The van der Waals surface area contributed by atoms with E-state index in [1.807, 2.05) is 13.8 Å². The molecule has 120 valence electrons. The Balaban J connectivity index is 1.93. The summed E-state index contributed by atoms with van der Waals surface area (Å²) < 4.78 is 40.5. The molecule has 3 nitrogen and oxygen atoms in total. The fourth-order valence-corrected chi connectivity index (χ4v) is 4.04. The van der Waals surface area contributed by atoms with Crippen LogP contribution in [0.3, 0.4) is 0 Å². The maximum absolute atomic E-state index is 13.5. The van der Waals surface area contributed by atoms with E-state index in [0.717, 1.165) is 12.8 Å². The monoisotopic (exact) mass is 304 g/mol. The molecule has 1 N–H and O–H groups in total. The van der Waals surface area contributed by atoms with Crippen molar-refractivity contribution in [3.05, 3.63) is 0 Å². The van der Waals surface area contributed by atoms with Crippen LogP contribution in [0.15, 0.2) is 0 Å².